The van der Waals surface area contributed by atoms with Crippen LogP contribution in [0.4, 0.5) is 0 Å². The third kappa shape index (κ3) is 7.20. The van der Waals surface area contributed by atoms with Crippen LogP contribution >= 0.6 is 0 Å². The molecule has 0 fully saturated rings. The summed E-state index contributed by atoms with van der Waals surface area (Å²) >= 11 is 0. The first-order chi connectivity index (χ1) is 6.93. The largest absolute Gasteiger partial charge is 0.480 e. The van der Waals surface area contributed by atoms with E-state index in [-0.39, 0.29) is 13.0 Å². The lowest BCUT2D eigenvalue weighted by atomic mass is 10.2. The van der Waals surface area contributed by atoms with Crippen LogP contribution in [-0.4, -0.2) is 35.5 Å². The predicted molar refractivity (Wildman–Crippen MR) is 51.6 cm³/mol. The molecule has 1 atom stereocenters. The van der Waals surface area contributed by atoms with Crippen molar-refractivity contribution in [3.05, 3.63) is 12.2 Å². The highest BCUT2D eigenvalue weighted by atomic mass is 16.4. The fourth-order valence-electron chi connectivity index (χ4n) is 0.691. The number of carbonyl (C=O) groups excluding carboxylic acids is 2. The van der Waals surface area contributed by atoms with E-state index in [4.69, 9.17) is 16.6 Å². The zero-order valence-electron chi connectivity index (χ0n) is 7.97. The summed E-state index contributed by atoms with van der Waals surface area (Å²) in [4.78, 5) is 31.4. The van der Waals surface area contributed by atoms with E-state index < -0.39 is 23.8 Å². The molecule has 84 valence electrons. The molecular formula is C8H13N3O4. The minimum atomic E-state index is -1.13. The number of carbonyl (C=O) groups is 3. The van der Waals surface area contributed by atoms with Gasteiger partial charge < -0.3 is 21.9 Å². The Labute approximate surface area is 86.1 Å². The summed E-state index contributed by atoms with van der Waals surface area (Å²) in [7, 11) is 0. The van der Waals surface area contributed by atoms with Gasteiger partial charge in [-0.25, -0.2) is 0 Å². The summed E-state index contributed by atoms with van der Waals surface area (Å²) in [5, 5.41) is 10.8. The summed E-state index contributed by atoms with van der Waals surface area (Å²) in [6.07, 6.45) is 1.99. The number of amides is 2. The number of nitrogens with one attached hydrogen (secondary N) is 1. The second-order valence-corrected chi connectivity index (χ2v) is 2.76. The Balaban J connectivity index is 3.73. The van der Waals surface area contributed by atoms with Crippen molar-refractivity contribution in [2.75, 3.05) is 6.54 Å². The van der Waals surface area contributed by atoms with Crippen molar-refractivity contribution in [2.24, 2.45) is 11.5 Å². The Morgan fingerprint density at radius 2 is 1.93 bits per heavy atom. The first-order valence-corrected chi connectivity index (χ1v) is 4.17. The third-order valence-electron chi connectivity index (χ3n) is 1.47. The van der Waals surface area contributed by atoms with Crippen LogP contribution in [0.25, 0.3) is 0 Å². The van der Waals surface area contributed by atoms with Gasteiger partial charge in [-0.05, 0) is 6.42 Å². The lowest BCUT2D eigenvalue weighted by Gasteiger charge is -2.05. The molecule has 6 N–H and O–H groups in total. The Morgan fingerprint density at radius 3 is 2.40 bits per heavy atom. The molecule has 0 heterocycles. The molecule has 0 saturated heterocycles. The summed E-state index contributed by atoms with van der Waals surface area (Å²) in [6, 6.07) is -1.01. The highest BCUT2D eigenvalue weighted by Crippen LogP contribution is 1.86. The van der Waals surface area contributed by atoms with E-state index in [1.54, 1.807) is 0 Å². The number of carboxylic acid groups (broad SMARTS) is 1. The van der Waals surface area contributed by atoms with Gasteiger partial charge in [-0.15, -0.1) is 0 Å². The van der Waals surface area contributed by atoms with E-state index >= 15 is 0 Å². The first kappa shape index (κ1) is 13.1. The maximum atomic E-state index is 10.9. The van der Waals surface area contributed by atoms with E-state index in [1.807, 2.05) is 0 Å². The maximum Gasteiger partial charge on any atom is 0.320 e. The molecular weight excluding hydrogens is 202 g/mol. The van der Waals surface area contributed by atoms with Gasteiger partial charge in [-0.3, -0.25) is 14.4 Å². The van der Waals surface area contributed by atoms with Gasteiger partial charge in [0, 0.05) is 18.7 Å². The molecule has 0 saturated carbocycles. The smallest absolute Gasteiger partial charge is 0.320 e. The van der Waals surface area contributed by atoms with E-state index in [1.165, 1.54) is 0 Å². The van der Waals surface area contributed by atoms with Crippen LogP contribution in [0.15, 0.2) is 12.2 Å². The molecule has 0 aromatic rings. The van der Waals surface area contributed by atoms with Crippen LogP contribution in [0.5, 0.6) is 0 Å². The van der Waals surface area contributed by atoms with E-state index in [0.29, 0.717) is 0 Å². The molecule has 7 heteroatoms. The molecule has 0 aliphatic carbocycles. The second-order valence-electron chi connectivity index (χ2n) is 2.76. The number of nitrogens with two attached hydrogens (primary N) is 2. The van der Waals surface area contributed by atoms with Gasteiger partial charge in [0.25, 0.3) is 0 Å². The van der Waals surface area contributed by atoms with Gasteiger partial charge in [0.15, 0.2) is 0 Å². The second kappa shape index (κ2) is 6.55. The highest BCUT2D eigenvalue weighted by Gasteiger charge is 2.10. The number of rotatable bonds is 6. The quantitative estimate of drug-likeness (QED) is 0.378. The van der Waals surface area contributed by atoms with Gasteiger partial charge in [-0.2, -0.15) is 0 Å². The standard InChI is InChI=1S/C8H13N3O4/c9-5(8(14)15)3-4-11-7(13)2-1-6(10)12/h1-2,5H,3-4,9H2,(H2,10,12)(H,11,13)(H,14,15)/t5-/m0/s1. The minimum Gasteiger partial charge on any atom is -0.480 e. The van der Waals surface area contributed by atoms with E-state index in [9.17, 15) is 14.4 Å². The van der Waals surface area contributed by atoms with Crippen molar-refractivity contribution in [2.45, 2.75) is 12.5 Å². The van der Waals surface area contributed by atoms with Gasteiger partial charge in [0.1, 0.15) is 6.04 Å². The Hall–Kier alpha value is -1.89. The molecule has 0 bridgehead atoms. The molecule has 0 spiro atoms. The molecule has 2 amide bonds. The number of hydrogen-bond acceptors (Lipinski definition) is 4. The van der Waals surface area contributed by atoms with Crippen molar-refractivity contribution in [1.82, 2.24) is 5.32 Å². The maximum absolute atomic E-state index is 10.9. The predicted octanol–water partition coefficient (Wildman–Crippen LogP) is -2.05. The van der Waals surface area contributed by atoms with Crippen LogP contribution in [0.1, 0.15) is 6.42 Å². The Bertz CT molecular complexity index is 288. The van der Waals surface area contributed by atoms with Gasteiger partial charge in [0.05, 0.1) is 0 Å². The molecule has 0 unspecified atom stereocenters. The molecule has 0 aromatic heterocycles. The lowest BCUT2D eigenvalue weighted by Crippen LogP contribution is -2.35. The van der Waals surface area contributed by atoms with Gasteiger partial charge in [-0.1, -0.05) is 0 Å². The normalized spacial score (nSPS) is 12.3. The van der Waals surface area contributed by atoms with Crippen LogP contribution < -0.4 is 16.8 Å². The van der Waals surface area contributed by atoms with Crippen molar-refractivity contribution in [1.29, 1.82) is 0 Å². The molecule has 0 aliphatic rings. The fourth-order valence-corrected chi connectivity index (χ4v) is 0.691. The van der Waals surface area contributed by atoms with Crippen molar-refractivity contribution < 1.29 is 19.5 Å². The molecule has 0 aromatic carbocycles. The van der Waals surface area contributed by atoms with Crippen molar-refractivity contribution in [3.63, 3.8) is 0 Å². The zero-order valence-corrected chi connectivity index (χ0v) is 7.97. The summed E-state index contributed by atoms with van der Waals surface area (Å²) in [6.45, 7) is 0.120. The van der Waals surface area contributed by atoms with Crippen LogP contribution in [0, 0.1) is 0 Å². The van der Waals surface area contributed by atoms with Gasteiger partial charge >= 0.3 is 5.97 Å². The molecule has 15 heavy (non-hydrogen) atoms. The number of primary amides is 1. The third-order valence-corrected chi connectivity index (χ3v) is 1.47. The Kier molecular flexibility index (Phi) is 5.72. The topological polar surface area (TPSA) is 136 Å². The molecule has 0 aliphatic heterocycles. The fraction of sp³-hybridized carbons (Fsp3) is 0.375. The van der Waals surface area contributed by atoms with E-state index in [2.05, 4.69) is 5.32 Å². The SMILES string of the molecule is NC(=O)C=CC(=O)NCC[C@H](N)C(=O)O. The van der Waals surface area contributed by atoms with E-state index in [0.717, 1.165) is 12.2 Å². The lowest BCUT2D eigenvalue weighted by molar-refractivity contribution is -0.138. The van der Waals surface area contributed by atoms with Gasteiger partial charge in [0.2, 0.25) is 11.8 Å². The zero-order chi connectivity index (χ0) is 11.8. The molecule has 7 nitrogen and oxygen atoms in total. The van der Waals surface area contributed by atoms with Crippen molar-refractivity contribution >= 4 is 17.8 Å². The average Bonchev–Trinajstić information content (AvgIpc) is 2.14. The Morgan fingerprint density at radius 1 is 1.33 bits per heavy atom. The van der Waals surface area contributed by atoms with Crippen LogP contribution in [0.3, 0.4) is 0 Å². The first-order valence-electron chi connectivity index (χ1n) is 4.17. The minimum absolute atomic E-state index is 0.117. The van der Waals surface area contributed by atoms with Crippen LogP contribution in [-0.2, 0) is 14.4 Å². The van der Waals surface area contributed by atoms with Crippen molar-refractivity contribution in [3.8, 4) is 0 Å². The highest BCUT2D eigenvalue weighted by molar-refractivity contribution is 5.95. The number of hydrogen-bond donors (Lipinski definition) is 4. The summed E-state index contributed by atoms with van der Waals surface area (Å²) < 4.78 is 0. The monoisotopic (exact) mass is 215 g/mol. The number of aliphatic carboxylic acids is 1. The van der Waals surface area contributed by atoms with Crippen LogP contribution in [0.2, 0.25) is 0 Å². The number of carboxylic acids is 1. The summed E-state index contributed by atoms with van der Waals surface area (Å²) in [5.74, 6) is -2.38. The molecule has 0 radical (unpaired) electrons. The summed E-state index contributed by atoms with van der Waals surface area (Å²) in [5.41, 5.74) is 9.94. The average molecular weight is 215 g/mol. The molecule has 0 rings (SSSR count).